The molecule has 1 N–H and O–H groups in total. The van der Waals surface area contributed by atoms with Crippen molar-refractivity contribution >= 4 is 15.9 Å². The third-order valence-corrected chi connectivity index (χ3v) is 4.18. The Bertz CT molecular complexity index is 317. The summed E-state index contributed by atoms with van der Waals surface area (Å²) in [5, 5.41) is 10.3. The zero-order chi connectivity index (χ0) is 11.4. The number of nitrogens with zero attached hydrogens (tertiary/aromatic N) is 1. The molecule has 2 rings (SSSR count). The van der Waals surface area contributed by atoms with Crippen LogP contribution < -0.4 is 0 Å². The van der Waals surface area contributed by atoms with Crippen LogP contribution >= 0.6 is 15.9 Å². The Balaban J connectivity index is 1.84. The molecule has 0 atom stereocenters. The van der Waals surface area contributed by atoms with E-state index in [4.69, 9.17) is 0 Å². The molecule has 0 aliphatic carbocycles. The van der Waals surface area contributed by atoms with E-state index in [2.05, 4.69) is 20.8 Å². The van der Waals surface area contributed by atoms with Crippen LogP contribution in [0.4, 0.5) is 0 Å². The van der Waals surface area contributed by atoms with E-state index in [0.29, 0.717) is 5.75 Å². The number of phenols is 1. The van der Waals surface area contributed by atoms with Crippen LogP contribution in [0.2, 0.25) is 0 Å². The van der Waals surface area contributed by atoms with Gasteiger partial charge in [-0.25, -0.2) is 0 Å². The van der Waals surface area contributed by atoms with Crippen LogP contribution in [-0.2, 0) is 6.54 Å². The van der Waals surface area contributed by atoms with Gasteiger partial charge in [0.2, 0.25) is 0 Å². The lowest BCUT2D eigenvalue weighted by Gasteiger charge is -2.31. The summed E-state index contributed by atoms with van der Waals surface area (Å²) in [6.45, 7) is 3.39. The van der Waals surface area contributed by atoms with E-state index >= 15 is 0 Å². The van der Waals surface area contributed by atoms with E-state index in [-0.39, 0.29) is 0 Å². The average molecular weight is 284 g/mol. The lowest BCUT2D eigenvalue weighted by Crippen LogP contribution is -2.33. The van der Waals surface area contributed by atoms with Crippen molar-refractivity contribution in [2.75, 3.05) is 18.4 Å². The van der Waals surface area contributed by atoms with E-state index < -0.39 is 0 Å². The number of benzene rings is 1. The Morgan fingerprint density at radius 2 is 1.81 bits per heavy atom. The van der Waals surface area contributed by atoms with E-state index in [0.717, 1.165) is 17.8 Å². The normalized spacial score (nSPS) is 18.8. The molecule has 2 nitrogen and oxygen atoms in total. The maximum Gasteiger partial charge on any atom is 0.115 e. The first-order valence-electron chi connectivity index (χ1n) is 5.84. The molecule has 1 aromatic rings. The van der Waals surface area contributed by atoms with E-state index in [1.165, 1.54) is 31.5 Å². The van der Waals surface area contributed by atoms with Crippen molar-refractivity contribution in [3.05, 3.63) is 29.8 Å². The molecule has 1 fully saturated rings. The molecule has 0 amide bonds. The fourth-order valence-electron chi connectivity index (χ4n) is 2.16. The number of piperidine rings is 1. The van der Waals surface area contributed by atoms with E-state index in [1.54, 1.807) is 12.1 Å². The highest BCUT2D eigenvalue weighted by molar-refractivity contribution is 9.09. The first-order valence-corrected chi connectivity index (χ1v) is 6.96. The van der Waals surface area contributed by atoms with Gasteiger partial charge in [-0.1, -0.05) is 28.1 Å². The molecule has 1 aliphatic heterocycles. The molecule has 0 aromatic heterocycles. The van der Waals surface area contributed by atoms with Crippen molar-refractivity contribution in [2.45, 2.75) is 19.4 Å². The second-order valence-corrected chi connectivity index (χ2v) is 5.19. The highest BCUT2D eigenvalue weighted by atomic mass is 79.9. The van der Waals surface area contributed by atoms with Crippen LogP contribution in [0.5, 0.6) is 5.75 Å². The minimum Gasteiger partial charge on any atom is -0.508 e. The Morgan fingerprint density at radius 1 is 1.19 bits per heavy atom. The molecule has 16 heavy (non-hydrogen) atoms. The molecule has 0 saturated carbocycles. The van der Waals surface area contributed by atoms with Gasteiger partial charge in [0.05, 0.1) is 0 Å². The highest BCUT2D eigenvalue weighted by Gasteiger charge is 2.17. The Labute approximate surface area is 105 Å². The van der Waals surface area contributed by atoms with Crippen molar-refractivity contribution in [1.29, 1.82) is 0 Å². The second kappa shape index (κ2) is 5.69. The van der Waals surface area contributed by atoms with Gasteiger partial charge in [0.25, 0.3) is 0 Å². The van der Waals surface area contributed by atoms with Gasteiger partial charge in [-0.3, -0.25) is 4.90 Å². The van der Waals surface area contributed by atoms with Crippen LogP contribution in [0, 0.1) is 5.92 Å². The summed E-state index contributed by atoms with van der Waals surface area (Å²) in [5.41, 5.74) is 1.29. The van der Waals surface area contributed by atoms with Gasteiger partial charge in [-0.2, -0.15) is 0 Å². The number of aromatic hydroxyl groups is 1. The predicted octanol–water partition coefficient (Wildman–Crippen LogP) is 3.00. The van der Waals surface area contributed by atoms with Crippen LogP contribution in [0.25, 0.3) is 0 Å². The van der Waals surface area contributed by atoms with Crippen molar-refractivity contribution in [3.63, 3.8) is 0 Å². The van der Waals surface area contributed by atoms with Crippen LogP contribution in [-0.4, -0.2) is 28.4 Å². The average Bonchev–Trinajstić information content (AvgIpc) is 2.33. The number of rotatable bonds is 3. The van der Waals surface area contributed by atoms with Gasteiger partial charge in [0.1, 0.15) is 5.75 Å². The number of likely N-dealkylation sites (tertiary alicyclic amines) is 1. The van der Waals surface area contributed by atoms with Crippen LogP contribution in [0.3, 0.4) is 0 Å². The molecule has 0 spiro atoms. The fraction of sp³-hybridized carbons (Fsp3) is 0.538. The van der Waals surface area contributed by atoms with Crippen LogP contribution in [0.15, 0.2) is 24.3 Å². The molecule has 3 heteroatoms. The minimum absolute atomic E-state index is 0.349. The third kappa shape index (κ3) is 3.22. The summed E-state index contributed by atoms with van der Waals surface area (Å²) in [4.78, 5) is 2.49. The molecule has 1 aliphatic rings. The van der Waals surface area contributed by atoms with E-state index in [9.17, 15) is 5.11 Å². The van der Waals surface area contributed by atoms with E-state index in [1.807, 2.05) is 12.1 Å². The Kier molecular flexibility index (Phi) is 4.24. The molecule has 88 valence electrons. The second-order valence-electron chi connectivity index (χ2n) is 4.54. The zero-order valence-electron chi connectivity index (χ0n) is 9.40. The topological polar surface area (TPSA) is 23.5 Å². The standard InChI is InChI=1S/C13H18BrNO/c14-9-11-5-7-15(8-6-11)10-12-1-3-13(16)4-2-12/h1-4,11,16H,5-10H2. The quantitative estimate of drug-likeness (QED) is 0.862. The monoisotopic (exact) mass is 283 g/mol. The first-order chi connectivity index (χ1) is 7.78. The lowest BCUT2D eigenvalue weighted by molar-refractivity contribution is 0.187. The van der Waals surface area contributed by atoms with Gasteiger partial charge in [0, 0.05) is 11.9 Å². The number of hydrogen-bond acceptors (Lipinski definition) is 2. The van der Waals surface area contributed by atoms with Gasteiger partial charge in [-0.15, -0.1) is 0 Å². The predicted molar refractivity (Wildman–Crippen MR) is 69.9 cm³/mol. The molecule has 1 aromatic carbocycles. The number of phenolic OH excluding ortho intramolecular Hbond substituents is 1. The first kappa shape index (κ1) is 11.9. The summed E-state index contributed by atoms with van der Waals surface area (Å²) in [5.74, 6) is 1.21. The molecular formula is C13H18BrNO. The SMILES string of the molecule is Oc1ccc(CN2CCC(CBr)CC2)cc1. The highest BCUT2D eigenvalue weighted by Crippen LogP contribution is 2.21. The summed E-state index contributed by atoms with van der Waals surface area (Å²) in [6.07, 6.45) is 2.59. The Hall–Kier alpha value is -0.540. The largest absolute Gasteiger partial charge is 0.508 e. The molecular weight excluding hydrogens is 266 g/mol. The maximum atomic E-state index is 9.21. The smallest absolute Gasteiger partial charge is 0.115 e. The Morgan fingerprint density at radius 3 is 2.38 bits per heavy atom. The van der Waals surface area contributed by atoms with Gasteiger partial charge >= 0.3 is 0 Å². The third-order valence-electron chi connectivity index (χ3n) is 3.27. The molecule has 1 saturated heterocycles. The fourth-order valence-corrected chi connectivity index (χ4v) is 2.81. The van der Waals surface area contributed by atoms with Gasteiger partial charge < -0.3 is 5.11 Å². The van der Waals surface area contributed by atoms with Gasteiger partial charge in [-0.05, 0) is 49.5 Å². The molecule has 0 bridgehead atoms. The van der Waals surface area contributed by atoms with Crippen molar-refractivity contribution in [1.82, 2.24) is 4.90 Å². The number of halogens is 1. The number of hydrogen-bond donors (Lipinski definition) is 1. The maximum absolute atomic E-state index is 9.21. The van der Waals surface area contributed by atoms with Crippen molar-refractivity contribution in [3.8, 4) is 5.75 Å². The minimum atomic E-state index is 0.349. The molecule has 0 radical (unpaired) electrons. The molecule has 0 unspecified atom stereocenters. The molecule has 1 heterocycles. The summed E-state index contributed by atoms with van der Waals surface area (Å²) in [6, 6.07) is 7.54. The zero-order valence-corrected chi connectivity index (χ0v) is 11.0. The van der Waals surface area contributed by atoms with Crippen molar-refractivity contribution < 1.29 is 5.11 Å². The lowest BCUT2D eigenvalue weighted by atomic mass is 9.99. The van der Waals surface area contributed by atoms with Gasteiger partial charge in [0.15, 0.2) is 0 Å². The summed E-state index contributed by atoms with van der Waals surface area (Å²) in [7, 11) is 0. The van der Waals surface area contributed by atoms with Crippen molar-refractivity contribution in [2.24, 2.45) is 5.92 Å². The summed E-state index contributed by atoms with van der Waals surface area (Å²) >= 11 is 3.56. The van der Waals surface area contributed by atoms with Crippen LogP contribution in [0.1, 0.15) is 18.4 Å². The number of alkyl halides is 1. The summed E-state index contributed by atoms with van der Waals surface area (Å²) < 4.78 is 0.